The summed E-state index contributed by atoms with van der Waals surface area (Å²) in [6.07, 6.45) is 0. The Morgan fingerprint density at radius 1 is 1.44 bits per heavy atom. The molecule has 0 fully saturated rings. The number of nitrogens with one attached hydrogen (secondary N) is 2. The van der Waals surface area contributed by atoms with E-state index in [0.29, 0.717) is 10.9 Å². The van der Waals surface area contributed by atoms with Crippen LogP contribution < -0.4 is 11.1 Å². The monoisotopic (exact) mass is 246 g/mol. The van der Waals surface area contributed by atoms with Crippen molar-refractivity contribution in [3.8, 4) is 0 Å². The van der Waals surface area contributed by atoms with Crippen molar-refractivity contribution in [2.24, 2.45) is 5.10 Å². The van der Waals surface area contributed by atoms with Gasteiger partial charge in [-0.05, 0) is 19.1 Å². The Morgan fingerprint density at radius 2 is 2.17 bits per heavy atom. The third kappa shape index (κ3) is 2.34. The summed E-state index contributed by atoms with van der Waals surface area (Å²) in [6, 6.07) is 7.01. The number of hydrogen-bond donors (Lipinski definition) is 3. The zero-order chi connectivity index (χ0) is 13.1. The van der Waals surface area contributed by atoms with Gasteiger partial charge in [0.1, 0.15) is 5.71 Å². The minimum Gasteiger partial charge on any atom is -0.477 e. The molecule has 0 amide bonds. The molecule has 0 aliphatic rings. The Hall–Kier alpha value is -2.70. The van der Waals surface area contributed by atoms with Crippen LogP contribution in [0.15, 0.2) is 34.2 Å². The van der Waals surface area contributed by atoms with Crippen LogP contribution in [0.2, 0.25) is 0 Å². The highest BCUT2D eigenvalue weighted by Gasteiger charge is 2.05. The number of carbonyl (C=O) groups is 1. The van der Waals surface area contributed by atoms with Crippen LogP contribution in [0.1, 0.15) is 6.92 Å². The molecule has 3 N–H and O–H groups in total. The fraction of sp³-hybridized carbons (Fsp3) is 0.0909. The van der Waals surface area contributed by atoms with Crippen molar-refractivity contribution in [3.05, 3.63) is 34.7 Å². The minimum atomic E-state index is -1.14. The normalized spacial score (nSPS) is 11.5. The Bertz CT molecular complexity index is 690. The molecular weight excluding hydrogens is 236 g/mol. The van der Waals surface area contributed by atoms with E-state index in [1.807, 2.05) is 0 Å². The van der Waals surface area contributed by atoms with Gasteiger partial charge < -0.3 is 10.1 Å². The third-order valence-corrected chi connectivity index (χ3v) is 2.28. The Labute approximate surface area is 101 Å². The number of carboxylic acid groups (broad SMARTS) is 1. The number of para-hydroxylation sites is 1. The van der Waals surface area contributed by atoms with E-state index in [2.05, 4.69) is 20.5 Å². The number of rotatable bonds is 3. The lowest BCUT2D eigenvalue weighted by molar-refractivity contribution is -0.129. The molecule has 0 radical (unpaired) electrons. The fourth-order valence-corrected chi connectivity index (χ4v) is 1.37. The smallest absolute Gasteiger partial charge is 0.351 e. The van der Waals surface area contributed by atoms with Gasteiger partial charge in [0.15, 0.2) is 5.82 Å². The van der Waals surface area contributed by atoms with Crippen molar-refractivity contribution in [1.82, 2.24) is 9.97 Å². The molecule has 0 bridgehead atoms. The number of carboxylic acids is 1. The topological polar surface area (TPSA) is 107 Å². The molecule has 1 aromatic carbocycles. The van der Waals surface area contributed by atoms with Crippen molar-refractivity contribution < 1.29 is 9.90 Å². The zero-order valence-electron chi connectivity index (χ0n) is 9.47. The lowest BCUT2D eigenvalue weighted by atomic mass is 10.2. The lowest BCUT2D eigenvalue weighted by Gasteiger charge is -2.04. The maximum Gasteiger partial charge on any atom is 0.351 e. The lowest BCUT2D eigenvalue weighted by Crippen LogP contribution is -2.14. The SMILES string of the molecule is C/C(=N\Nc1nc(=O)[nH]c2ccccc12)C(=O)O. The number of aromatic amines is 1. The highest BCUT2D eigenvalue weighted by Crippen LogP contribution is 2.16. The molecule has 0 unspecified atom stereocenters. The Kier molecular flexibility index (Phi) is 3.05. The van der Waals surface area contributed by atoms with E-state index in [1.54, 1.807) is 24.3 Å². The van der Waals surface area contributed by atoms with E-state index in [9.17, 15) is 9.59 Å². The van der Waals surface area contributed by atoms with Gasteiger partial charge in [0.05, 0.1) is 5.52 Å². The second-order valence-electron chi connectivity index (χ2n) is 3.55. The number of benzene rings is 1. The largest absolute Gasteiger partial charge is 0.477 e. The van der Waals surface area contributed by atoms with Crippen LogP contribution in [0, 0.1) is 0 Å². The summed E-state index contributed by atoms with van der Waals surface area (Å²) >= 11 is 0. The molecule has 2 aromatic rings. The molecule has 0 spiro atoms. The van der Waals surface area contributed by atoms with Gasteiger partial charge in [0.25, 0.3) is 0 Å². The van der Waals surface area contributed by atoms with E-state index < -0.39 is 11.7 Å². The first kappa shape index (κ1) is 11.8. The second-order valence-corrected chi connectivity index (χ2v) is 3.55. The first-order valence-electron chi connectivity index (χ1n) is 5.10. The van der Waals surface area contributed by atoms with Crippen molar-refractivity contribution in [2.75, 3.05) is 5.43 Å². The van der Waals surface area contributed by atoms with E-state index in [4.69, 9.17) is 5.11 Å². The van der Waals surface area contributed by atoms with Crippen LogP contribution in [-0.2, 0) is 4.79 Å². The summed E-state index contributed by atoms with van der Waals surface area (Å²) in [4.78, 5) is 28.2. The molecule has 0 saturated heterocycles. The number of anilines is 1. The second kappa shape index (κ2) is 4.66. The quantitative estimate of drug-likeness (QED) is 0.548. The van der Waals surface area contributed by atoms with E-state index in [0.717, 1.165) is 0 Å². The predicted molar refractivity (Wildman–Crippen MR) is 66.7 cm³/mol. The summed E-state index contributed by atoms with van der Waals surface area (Å²) in [5, 5.41) is 13.0. The van der Waals surface area contributed by atoms with Gasteiger partial charge in [0, 0.05) is 5.39 Å². The van der Waals surface area contributed by atoms with E-state index >= 15 is 0 Å². The molecular formula is C11H10N4O3. The molecule has 1 heterocycles. The molecule has 1 aromatic heterocycles. The van der Waals surface area contributed by atoms with Crippen molar-refractivity contribution >= 4 is 28.4 Å². The number of hydrogen-bond acceptors (Lipinski definition) is 5. The fourth-order valence-electron chi connectivity index (χ4n) is 1.37. The minimum absolute atomic E-state index is 0.124. The Balaban J connectivity index is 2.48. The average Bonchev–Trinajstić information content (AvgIpc) is 2.35. The van der Waals surface area contributed by atoms with Gasteiger partial charge >= 0.3 is 11.7 Å². The van der Waals surface area contributed by atoms with Crippen molar-refractivity contribution in [1.29, 1.82) is 0 Å². The van der Waals surface area contributed by atoms with E-state index in [-0.39, 0.29) is 11.5 Å². The summed E-state index contributed by atoms with van der Waals surface area (Å²) in [5.41, 5.74) is 2.43. The molecule has 0 aliphatic heterocycles. The standard InChI is InChI=1S/C11H10N4O3/c1-6(10(16)17)14-15-9-7-4-2-3-5-8(7)12-11(18)13-9/h2-5H,1H3,(H,16,17)(H2,12,13,15,18)/b14-6+. The van der Waals surface area contributed by atoms with Gasteiger partial charge in [-0.3, -0.25) is 5.43 Å². The molecule has 0 saturated carbocycles. The number of H-pyrrole nitrogens is 1. The van der Waals surface area contributed by atoms with Gasteiger partial charge in [-0.25, -0.2) is 9.59 Å². The van der Waals surface area contributed by atoms with Gasteiger partial charge in [0.2, 0.25) is 0 Å². The van der Waals surface area contributed by atoms with Crippen LogP contribution in [0.4, 0.5) is 5.82 Å². The van der Waals surface area contributed by atoms with Crippen LogP contribution in [0.25, 0.3) is 10.9 Å². The van der Waals surface area contributed by atoms with Crippen LogP contribution in [0.5, 0.6) is 0 Å². The van der Waals surface area contributed by atoms with Crippen LogP contribution >= 0.6 is 0 Å². The first-order chi connectivity index (χ1) is 8.58. The number of hydrazone groups is 1. The maximum atomic E-state index is 11.3. The van der Waals surface area contributed by atoms with Crippen LogP contribution in [0.3, 0.4) is 0 Å². The highest BCUT2D eigenvalue weighted by atomic mass is 16.4. The van der Waals surface area contributed by atoms with Gasteiger partial charge in [-0.2, -0.15) is 10.1 Å². The van der Waals surface area contributed by atoms with Crippen molar-refractivity contribution in [3.63, 3.8) is 0 Å². The summed E-state index contributed by atoms with van der Waals surface area (Å²) in [6.45, 7) is 1.34. The molecule has 18 heavy (non-hydrogen) atoms. The van der Waals surface area contributed by atoms with Crippen LogP contribution in [-0.4, -0.2) is 26.8 Å². The average molecular weight is 246 g/mol. The molecule has 0 aliphatic carbocycles. The first-order valence-corrected chi connectivity index (χ1v) is 5.10. The predicted octanol–water partition coefficient (Wildman–Crippen LogP) is 0.795. The van der Waals surface area contributed by atoms with E-state index in [1.165, 1.54) is 6.92 Å². The van der Waals surface area contributed by atoms with Crippen molar-refractivity contribution in [2.45, 2.75) is 6.92 Å². The number of aromatic nitrogens is 2. The molecule has 0 atom stereocenters. The Morgan fingerprint density at radius 3 is 2.89 bits per heavy atom. The zero-order valence-corrected chi connectivity index (χ0v) is 9.47. The molecule has 7 heteroatoms. The summed E-state index contributed by atoms with van der Waals surface area (Å²) < 4.78 is 0. The summed E-state index contributed by atoms with van der Waals surface area (Å²) in [7, 11) is 0. The number of nitrogens with zero attached hydrogens (tertiary/aromatic N) is 2. The molecule has 2 rings (SSSR count). The number of fused-ring (bicyclic) bond motifs is 1. The van der Waals surface area contributed by atoms with Gasteiger partial charge in [-0.15, -0.1) is 0 Å². The molecule has 92 valence electrons. The summed E-state index contributed by atoms with van der Waals surface area (Å²) in [5.74, 6) is -0.924. The molecule has 7 nitrogen and oxygen atoms in total. The number of aliphatic carboxylic acids is 1. The highest BCUT2D eigenvalue weighted by molar-refractivity contribution is 6.34. The maximum absolute atomic E-state index is 11.3. The van der Waals surface area contributed by atoms with Gasteiger partial charge in [-0.1, -0.05) is 12.1 Å². The third-order valence-electron chi connectivity index (χ3n) is 2.28.